The maximum absolute atomic E-state index is 5.90. The third-order valence-corrected chi connectivity index (χ3v) is 5.15. The van der Waals surface area contributed by atoms with Crippen molar-refractivity contribution in [1.29, 1.82) is 0 Å². The van der Waals surface area contributed by atoms with Gasteiger partial charge in [0.25, 0.3) is 0 Å². The SMILES string of the molecule is Clc1ccc(-c2csc(C3CSCCN3)n2)cc1. The lowest BCUT2D eigenvalue weighted by atomic mass is 10.2. The van der Waals surface area contributed by atoms with Crippen LogP contribution in [0.4, 0.5) is 0 Å². The zero-order chi connectivity index (χ0) is 12.4. The number of thiazole rings is 1. The first kappa shape index (κ1) is 12.5. The Balaban J connectivity index is 1.82. The van der Waals surface area contributed by atoms with Crippen LogP contribution in [0.1, 0.15) is 11.0 Å². The summed E-state index contributed by atoms with van der Waals surface area (Å²) in [6.07, 6.45) is 0. The Morgan fingerprint density at radius 1 is 1.28 bits per heavy atom. The van der Waals surface area contributed by atoms with Crippen LogP contribution in [0.15, 0.2) is 29.6 Å². The third-order valence-electron chi connectivity index (χ3n) is 2.88. The van der Waals surface area contributed by atoms with Crippen molar-refractivity contribution in [3.05, 3.63) is 39.7 Å². The lowest BCUT2D eigenvalue weighted by Crippen LogP contribution is -2.30. The lowest BCUT2D eigenvalue weighted by Gasteiger charge is -2.20. The molecule has 1 unspecified atom stereocenters. The van der Waals surface area contributed by atoms with Crippen LogP contribution in [-0.4, -0.2) is 23.0 Å². The first-order valence-corrected chi connectivity index (χ1v) is 8.26. The molecule has 0 amide bonds. The predicted octanol–water partition coefficient (Wildman–Crippen LogP) is 3.84. The average molecular weight is 297 g/mol. The summed E-state index contributed by atoms with van der Waals surface area (Å²) >= 11 is 9.62. The molecule has 1 atom stereocenters. The van der Waals surface area contributed by atoms with Gasteiger partial charge in [0.05, 0.1) is 11.7 Å². The van der Waals surface area contributed by atoms with E-state index in [0.29, 0.717) is 6.04 Å². The highest BCUT2D eigenvalue weighted by Gasteiger charge is 2.18. The number of hydrogen-bond donors (Lipinski definition) is 1. The van der Waals surface area contributed by atoms with E-state index in [4.69, 9.17) is 16.6 Å². The molecular weight excluding hydrogens is 284 g/mol. The molecule has 0 radical (unpaired) electrons. The minimum Gasteiger partial charge on any atom is -0.306 e. The highest BCUT2D eigenvalue weighted by atomic mass is 35.5. The number of halogens is 1. The van der Waals surface area contributed by atoms with Crippen molar-refractivity contribution in [2.45, 2.75) is 6.04 Å². The molecule has 0 spiro atoms. The van der Waals surface area contributed by atoms with Gasteiger partial charge >= 0.3 is 0 Å². The Kier molecular flexibility index (Phi) is 3.89. The van der Waals surface area contributed by atoms with Gasteiger partial charge in [0.15, 0.2) is 0 Å². The molecule has 2 nitrogen and oxygen atoms in total. The van der Waals surface area contributed by atoms with Gasteiger partial charge in [0, 0.05) is 34.0 Å². The Morgan fingerprint density at radius 3 is 2.83 bits per heavy atom. The van der Waals surface area contributed by atoms with E-state index in [9.17, 15) is 0 Å². The van der Waals surface area contributed by atoms with E-state index in [1.54, 1.807) is 11.3 Å². The van der Waals surface area contributed by atoms with Crippen LogP contribution in [0.2, 0.25) is 5.02 Å². The van der Waals surface area contributed by atoms with Gasteiger partial charge in [-0.05, 0) is 12.1 Å². The van der Waals surface area contributed by atoms with Gasteiger partial charge in [-0.2, -0.15) is 11.8 Å². The molecule has 3 rings (SSSR count). The first-order valence-electron chi connectivity index (χ1n) is 5.85. The average Bonchev–Trinajstić information content (AvgIpc) is 2.90. The number of benzene rings is 1. The van der Waals surface area contributed by atoms with Crippen molar-refractivity contribution < 1.29 is 0 Å². The van der Waals surface area contributed by atoms with Crippen molar-refractivity contribution in [1.82, 2.24) is 10.3 Å². The van der Waals surface area contributed by atoms with E-state index in [-0.39, 0.29) is 0 Å². The molecule has 1 fully saturated rings. The quantitative estimate of drug-likeness (QED) is 0.911. The summed E-state index contributed by atoms with van der Waals surface area (Å²) in [6, 6.07) is 8.26. The zero-order valence-corrected chi connectivity index (χ0v) is 12.1. The highest BCUT2D eigenvalue weighted by Crippen LogP contribution is 2.29. The molecule has 1 aromatic heterocycles. The molecule has 18 heavy (non-hydrogen) atoms. The number of hydrogen-bond acceptors (Lipinski definition) is 4. The Labute approximate surface area is 120 Å². The van der Waals surface area contributed by atoms with Gasteiger partial charge in [0.1, 0.15) is 5.01 Å². The van der Waals surface area contributed by atoms with E-state index in [1.807, 2.05) is 36.0 Å². The maximum atomic E-state index is 5.90. The van der Waals surface area contributed by atoms with Crippen LogP contribution in [0, 0.1) is 0 Å². The third kappa shape index (κ3) is 2.72. The second-order valence-electron chi connectivity index (χ2n) is 4.16. The van der Waals surface area contributed by atoms with Crippen LogP contribution >= 0.6 is 34.7 Å². The fourth-order valence-corrected chi connectivity index (χ4v) is 4.00. The van der Waals surface area contributed by atoms with Gasteiger partial charge in [-0.15, -0.1) is 11.3 Å². The van der Waals surface area contributed by atoms with Crippen molar-refractivity contribution >= 4 is 34.7 Å². The van der Waals surface area contributed by atoms with Crippen molar-refractivity contribution in [3.8, 4) is 11.3 Å². The molecule has 1 aliphatic rings. The molecule has 0 bridgehead atoms. The number of aromatic nitrogens is 1. The largest absolute Gasteiger partial charge is 0.306 e. The molecule has 1 saturated heterocycles. The molecular formula is C13H13ClN2S2. The van der Waals surface area contributed by atoms with Crippen LogP contribution in [0.3, 0.4) is 0 Å². The molecule has 0 aliphatic carbocycles. The summed E-state index contributed by atoms with van der Waals surface area (Å²) in [7, 11) is 0. The Morgan fingerprint density at radius 2 is 2.11 bits per heavy atom. The standard InChI is InChI=1S/C13H13ClN2S2/c14-10-3-1-9(2-4-10)11-8-18-13(16-11)12-7-17-6-5-15-12/h1-4,8,12,15H,5-7H2. The van der Waals surface area contributed by atoms with E-state index in [1.165, 1.54) is 10.8 Å². The van der Waals surface area contributed by atoms with Gasteiger partial charge in [-0.1, -0.05) is 23.7 Å². The number of nitrogens with one attached hydrogen (secondary N) is 1. The Hall–Kier alpha value is -0.550. The number of rotatable bonds is 2. The highest BCUT2D eigenvalue weighted by molar-refractivity contribution is 7.99. The van der Waals surface area contributed by atoms with E-state index >= 15 is 0 Å². The maximum Gasteiger partial charge on any atom is 0.111 e. The van der Waals surface area contributed by atoms with Gasteiger partial charge in [-0.3, -0.25) is 0 Å². The summed E-state index contributed by atoms with van der Waals surface area (Å²) < 4.78 is 0. The van der Waals surface area contributed by atoms with E-state index in [2.05, 4.69) is 10.7 Å². The minimum absolute atomic E-state index is 0.412. The molecule has 2 heterocycles. The van der Waals surface area contributed by atoms with E-state index in [0.717, 1.165) is 28.6 Å². The van der Waals surface area contributed by atoms with Crippen LogP contribution in [0.25, 0.3) is 11.3 Å². The van der Waals surface area contributed by atoms with Crippen LogP contribution in [-0.2, 0) is 0 Å². The minimum atomic E-state index is 0.412. The first-order chi connectivity index (χ1) is 8.83. The monoisotopic (exact) mass is 296 g/mol. The summed E-state index contributed by atoms with van der Waals surface area (Å²) in [4.78, 5) is 4.73. The lowest BCUT2D eigenvalue weighted by molar-refractivity contribution is 0.592. The number of thioether (sulfide) groups is 1. The van der Waals surface area contributed by atoms with Crippen LogP contribution in [0.5, 0.6) is 0 Å². The topological polar surface area (TPSA) is 24.9 Å². The van der Waals surface area contributed by atoms with Crippen molar-refractivity contribution in [2.24, 2.45) is 0 Å². The van der Waals surface area contributed by atoms with Crippen molar-refractivity contribution in [3.63, 3.8) is 0 Å². The summed E-state index contributed by atoms with van der Waals surface area (Å²) in [6.45, 7) is 1.07. The molecule has 1 aliphatic heterocycles. The predicted molar refractivity (Wildman–Crippen MR) is 80.6 cm³/mol. The second-order valence-corrected chi connectivity index (χ2v) is 6.64. The number of nitrogens with zero attached hydrogens (tertiary/aromatic N) is 1. The normalized spacial score (nSPS) is 19.9. The molecule has 1 N–H and O–H groups in total. The smallest absolute Gasteiger partial charge is 0.111 e. The second kappa shape index (κ2) is 5.61. The van der Waals surface area contributed by atoms with Crippen molar-refractivity contribution in [2.75, 3.05) is 18.1 Å². The van der Waals surface area contributed by atoms with Gasteiger partial charge in [0.2, 0.25) is 0 Å². The summed E-state index contributed by atoms with van der Waals surface area (Å²) in [5.41, 5.74) is 2.18. The fourth-order valence-electron chi connectivity index (χ4n) is 1.92. The zero-order valence-electron chi connectivity index (χ0n) is 9.73. The molecule has 94 valence electrons. The molecule has 2 aromatic rings. The van der Waals surface area contributed by atoms with E-state index < -0.39 is 0 Å². The summed E-state index contributed by atoms with van der Waals surface area (Å²) in [5.74, 6) is 2.32. The molecule has 1 aromatic carbocycles. The molecule has 5 heteroatoms. The summed E-state index contributed by atoms with van der Waals surface area (Å²) in [5, 5.41) is 7.59. The molecule has 0 saturated carbocycles. The van der Waals surface area contributed by atoms with Gasteiger partial charge < -0.3 is 5.32 Å². The van der Waals surface area contributed by atoms with Crippen LogP contribution < -0.4 is 5.32 Å². The van der Waals surface area contributed by atoms with Gasteiger partial charge in [-0.25, -0.2) is 4.98 Å². The fraction of sp³-hybridized carbons (Fsp3) is 0.308. The Bertz CT molecular complexity index is 518.